The number of nitrogens with zero attached hydrogens (tertiary/aromatic N) is 2. The fraction of sp³-hybridized carbons (Fsp3) is 0.278. The van der Waals surface area contributed by atoms with E-state index in [0.29, 0.717) is 0 Å². The summed E-state index contributed by atoms with van der Waals surface area (Å²) >= 11 is 6.54. The molecule has 4 aromatic carbocycles. The van der Waals surface area contributed by atoms with Gasteiger partial charge in [-0.3, -0.25) is 13.9 Å². The molecule has 5 rings (SSSR count). The molecule has 0 radical (unpaired) electrons. The van der Waals surface area contributed by atoms with Crippen LogP contribution in [0.4, 0.5) is 5.69 Å². The van der Waals surface area contributed by atoms with Crippen LogP contribution in [-0.4, -0.2) is 43.8 Å². The molecule has 7 nitrogen and oxygen atoms in total. The molecule has 1 aliphatic rings. The van der Waals surface area contributed by atoms with Crippen LogP contribution in [0, 0.1) is 6.92 Å². The molecule has 0 spiro atoms. The first-order valence-electron chi connectivity index (χ1n) is 15.2. The first-order chi connectivity index (χ1) is 21.7. The van der Waals surface area contributed by atoms with Gasteiger partial charge in [0, 0.05) is 19.0 Å². The summed E-state index contributed by atoms with van der Waals surface area (Å²) in [4.78, 5) is 30.2. The Labute approximate surface area is 270 Å². The summed E-state index contributed by atoms with van der Waals surface area (Å²) in [6.45, 7) is 1.56. The lowest BCUT2D eigenvalue weighted by molar-refractivity contribution is -0.140. The quantitative estimate of drug-likeness (QED) is 0.190. The first kappa shape index (κ1) is 32.3. The van der Waals surface area contributed by atoms with Crippen molar-refractivity contribution in [3.63, 3.8) is 0 Å². The molecule has 1 N–H and O–H groups in total. The van der Waals surface area contributed by atoms with Gasteiger partial charge in [0.2, 0.25) is 11.8 Å². The van der Waals surface area contributed by atoms with Crippen molar-refractivity contribution in [1.82, 2.24) is 10.2 Å². The Kier molecular flexibility index (Phi) is 10.6. The molecule has 1 atom stereocenters. The van der Waals surface area contributed by atoms with E-state index in [-0.39, 0.29) is 40.5 Å². The number of anilines is 1. The molecule has 1 saturated carbocycles. The van der Waals surface area contributed by atoms with E-state index in [9.17, 15) is 18.0 Å². The molecule has 0 saturated heterocycles. The van der Waals surface area contributed by atoms with Gasteiger partial charge < -0.3 is 10.2 Å². The predicted molar refractivity (Wildman–Crippen MR) is 178 cm³/mol. The van der Waals surface area contributed by atoms with Crippen molar-refractivity contribution in [2.75, 3.05) is 10.8 Å². The van der Waals surface area contributed by atoms with Crippen LogP contribution in [0.5, 0.6) is 0 Å². The number of para-hydroxylation sites is 1. The minimum absolute atomic E-state index is 0.0302. The summed E-state index contributed by atoms with van der Waals surface area (Å²) in [5, 5.41) is 3.38. The third-order valence-electron chi connectivity index (χ3n) is 8.18. The van der Waals surface area contributed by atoms with Gasteiger partial charge in [-0.2, -0.15) is 0 Å². The van der Waals surface area contributed by atoms with Crippen LogP contribution in [0.2, 0.25) is 5.02 Å². The van der Waals surface area contributed by atoms with Crippen LogP contribution < -0.4 is 9.62 Å². The molecule has 45 heavy (non-hydrogen) atoms. The fourth-order valence-corrected chi connectivity index (χ4v) is 7.44. The van der Waals surface area contributed by atoms with Gasteiger partial charge in [-0.25, -0.2) is 8.42 Å². The Morgan fingerprint density at radius 3 is 2.07 bits per heavy atom. The molecule has 1 aliphatic carbocycles. The summed E-state index contributed by atoms with van der Waals surface area (Å²) in [5.74, 6) is -0.765. The van der Waals surface area contributed by atoms with E-state index >= 15 is 0 Å². The Morgan fingerprint density at radius 2 is 1.42 bits per heavy atom. The SMILES string of the molecule is Cc1ccc(CN(C(=O)CN(c2ccccc2Cl)S(=O)(=O)c2ccccc2)C(Cc2ccccc2)C(=O)NC2CCCC2)cc1. The predicted octanol–water partition coefficient (Wildman–Crippen LogP) is 6.54. The Hall–Kier alpha value is -4.14. The number of hydrogen-bond donors (Lipinski definition) is 1. The number of carbonyl (C=O) groups excluding carboxylic acids is 2. The molecule has 1 fully saturated rings. The monoisotopic (exact) mass is 643 g/mol. The van der Waals surface area contributed by atoms with Crippen molar-refractivity contribution in [3.05, 3.63) is 131 Å². The van der Waals surface area contributed by atoms with E-state index in [2.05, 4.69) is 5.32 Å². The second-order valence-electron chi connectivity index (χ2n) is 11.5. The Bertz CT molecular complexity index is 1690. The van der Waals surface area contributed by atoms with Crippen LogP contribution in [0.15, 0.2) is 114 Å². The van der Waals surface area contributed by atoms with Crippen molar-refractivity contribution < 1.29 is 18.0 Å². The molecule has 1 unspecified atom stereocenters. The third kappa shape index (κ3) is 8.12. The van der Waals surface area contributed by atoms with E-state index in [1.54, 1.807) is 42.5 Å². The number of sulfonamides is 1. The lowest BCUT2D eigenvalue weighted by Crippen LogP contribution is -2.54. The molecule has 0 aromatic heterocycles. The lowest BCUT2D eigenvalue weighted by atomic mass is 10.0. The zero-order valence-corrected chi connectivity index (χ0v) is 26.9. The van der Waals surface area contributed by atoms with Gasteiger partial charge in [-0.15, -0.1) is 0 Å². The van der Waals surface area contributed by atoms with E-state index in [1.807, 2.05) is 61.5 Å². The highest BCUT2D eigenvalue weighted by Crippen LogP contribution is 2.31. The van der Waals surface area contributed by atoms with Gasteiger partial charge in [0.25, 0.3) is 10.0 Å². The van der Waals surface area contributed by atoms with Crippen molar-refractivity contribution in [2.24, 2.45) is 0 Å². The van der Waals surface area contributed by atoms with Crippen LogP contribution in [-0.2, 0) is 32.6 Å². The van der Waals surface area contributed by atoms with E-state index in [1.165, 1.54) is 17.0 Å². The maximum Gasteiger partial charge on any atom is 0.264 e. The van der Waals surface area contributed by atoms with Crippen molar-refractivity contribution in [1.29, 1.82) is 0 Å². The highest BCUT2D eigenvalue weighted by Gasteiger charge is 2.36. The van der Waals surface area contributed by atoms with E-state index in [0.717, 1.165) is 46.7 Å². The van der Waals surface area contributed by atoms with E-state index < -0.39 is 28.5 Å². The number of benzene rings is 4. The van der Waals surface area contributed by atoms with Crippen molar-refractivity contribution >= 4 is 39.1 Å². The number of rotatable bonds is 12. The average molecular weight is 644 g/mol. The number of hydrogen-bond acceptors (Lipinski definition) is 4. The Balaban J connectivity index is 1.56. The zero-order chi connectivity index (χ0) is 31.8. The number of nitrogens with one attached hydrogen (secondary N) is 1. The molecule has 234 valence electrons. The second kappa shape index (κ2) is 14.8. The number of carbonyl (C=O) groups is 2. The minimum atomic E-state index is -4.21. The van der Waals surface area contributed by atoms with Crippen molar-refractivity contribution in [3.8, 4) is 0 Å². The Morgan fingerprint density at radius 1 is 0.822 bits per heavy atom. The number of aryl methyl sites for hydroxylation is 1. The van der Waals surface area contributed by atoms with Crippen LogP contribution >= 0.6 is 11.6 Å². The summed E-state index contributed by atoms with van der Waals surface area (Å²) in [6.07, 6.45) is 4.15. The molecule has 0 bridgehead atoms. The minimum Gasteiger partial charge on any atom is -0.352 e. The van der Waals surface area contributed by atoms with Gasteiger partial charge in [0.05, 0.1) is 15.6 Å². The third-order valence-corrected chi connectivity index (χ3v) is 10.3. The average Bonchev–Trinajstić information content (AvgIpc) is 3.56. The maximum absolute atomic E-state index is 14.6. The highest BCUT2D eigenvalue weighted by atomic mass is 35.5. The fourth-order valence-electron chi connectivity index (χ4n) is 5.70. The van der Waals surface area contributed by atoms with Crippen LogP contribution in [0.3, 0.4) is 0 Å². The van der Waals surface area contributed by atoms with Gasteiger partial charge in [0.1, 0.15) is 12.6 Å². The van der Waals surface area contributed by atoms with Crippen molar-refractivity contribution in [2.45, 2.75) is 62.6 Å². The number of halogens is 1. The summed E-state index contributed by atoms with van der Waals surface area (Å²) in [7, 11) is -4.21. The summed E-state index contributed by atoms with van der Waals surface area (Å²) in [5.41, 5.74) is 2.97. The molecule has 2 amide bonds. The van der Waals surface area contributed by atoms with Gasteiger partial charge in [-0.05, 0) is 55.2 Å². The standard InChI is InChI=1S/C36H38ClN3O4S/c1-27-20-22-29(23-21-27)25-39(34(24-28-12-4-2-5-13-28)36(42)38-30-14-8-9-15-30)35(41)26-40(33-19-11-10-18-32(33)37)45(43,44)31-16-6-3-7-17-31/h2-7,10-13,16-23,30,34H,8-9,14-15,24-26H2,1H3,(H,38,42). The smallest absolute Gasteiger partial charge is 0.264 e. The van der Waals surface area contributed by atoms with E-state index in [4.69, 9.17) is 11.6 Å². The molecule has 4 aromatic rings. The molecular weight excluding hydrogens is 606 g/mol. The first-order valence-corrected chi connectivity index (χ1v) is 17.1. The zero-order valence-electron chi connectivity index (χ0n) is 25.3. The van der Waals surface area contributed by atoms with Gasteiger partial charge in [-0.1, -0.05) is 115 Å². The lowest BCUT2D eigenvalue weighted by Gasteiger charge is -2.34. The largest absolute Gasteiger partial charge is 0.352 e. The topological polar surface area (TPSA) is 86.8 Å². The molecule has 9 heteroatoms. The summed E-state index contributed by atoms with van der Waals surface area (Å²) < 4.78 is 29.2. The van der Waals surface area contributed by atoms with Gasteiger partial charge >= 0.3 is 0 Å². The number of amides is 2. The second-order valence-corrected chi connectivity index (χ2v) is 13.7. The highest BCUT2D eigenvalue weighted by molar-refractivity contribution is 7.92. The normalized spacial score (nSPS) is 14.1. The molecule has 0 aliphatic heterocycles. The summed E-state index contributed by atoms with van der Waals surface area (Å²) in [6, 6.07) is 31.0. The molecular formula is C36H38ClN3O4S. The maximum atomic E-state index is 14.6. The molecule has 0 heterocycles. The van der Waals surface area contributed by atoms with Crippen LogP contribution in [0.25, 0.3) is 0 Å². The van der Waals surface area contributed by atoms with Gasteiger partial charge in [0.15, 0.2) is 0 Å². The van der Waals surface area contributed by atoms with Crippen LogP contribution in [0.1, 0.15) is 42.4 Å².